The summed E-state index contributed by atoms with van der Waals surface area (Å²) in [5, 5.41) is 0.737. The molecule has 2 rings (SSSR count). The van der Waals surface area contributed by atoms with E-state index < -0.39 is 12.7 Å². The third-order valence-electron chi connectivity index (χ3n) is 1.97. The maximum absolute atomic E-state index is 12.2. The number of alkyl halides is 3. The van der Waals surface area contributed by atoms with E-state index in [9.17, 15) is 13.2 Å². The molecule has 0 fully saturated rings. The van der Waals surface area contributed by atoms with E-state index in [0.29, 0.717) is 10.1 Å². The van der Waals surface area contributed by atoms with Gasteiger partial charge in [-0.2, -0.15) is 13.2 Å². The SMILES string of the molecule is FC(F)(F)Cn1ccc2cc(Br)ncc21. The summed E-state index contributed by atoms with van der Waals surface area (Å²) in [5.41, 5.74) is 0.482. The van der Waals surface area contributed by atoms with Gasteiger partial charge in [0.05, 0.1) is 11.7 Å². The second-order valence-electron chi connectivity index (χ2n) is 3.12. The third-order valence-corrected chi connectivity index (χ3v) is 2.41. The summed E-state index contributed by atoms with van der Waals surface area (Å²) < 4.78 is 38.3. The minimum atomic E-state index is -4.21. The third kappa shape index (κ3) is 2.31. The molecule has 0 aliphatic carbocycles. The molecular weight excluding hydrogens is 273 g/mol. The van der Waals surface area contributed by atoms with Gasteiger partial charge in [-0.25, -0.2) is 4.98 Å². The highest BCUT2D eigenvalue weighted by atomic mass is 79.9. The van der Waals surface area contributed by atoms with E-state index in [1.54, 1.807) is 12.1 Å². The van der Waals surface area contributed by atoms with E-state index in [4.69, 9.17) is 0 Å². The lowest BCUT2D eigenvalue weighted by atomic mass is 10.3. The minimum absolute atomic E-state index is 0.482. The van der Waals surface area contributed by atoms with E-state index in [2.05, 4.69) is 20.9 Å². The first-order valence-electron chi connectivity index (χ1n) is 4.13. The summed E-state index contributed by atoms with van der Waals surface area (Å²) >= 11 is 3.16. The Kier molecular flexibility index (Phi) is 2.46. The fourth-order valence-electron chi connectivity index (χ4n) is 1.39. The Balaban J connectivity index is 2.45. The fourth-order valence-corrected chi connectivity index (χ4v) is 1.74. The molecule has 2 aromatic heterocycles. The monoisotopic (exact) mass is 278 g/mol. The van der Waals surface area contributed by atoms with Crippen LogP contribution in [0.15, 0.2) is 29.1 Å². The molecule has 0 N–H and O–H groups in total. The van der Waals surface area contributed by atoms with Gasteiger partial charge in [0, 0.05) is 11.6 Å². The highest BCUT2D eigenvalue weighted by Gasteiger charge is 2.28. The molecule has 0 aliphatic heterocycles. The van der Waals surface area contributed by atoms with Crippen LogP contribution in [-0.4, -0.2) is 15.7 Å². The van der Waals surface area contributed by atoms with Gasteiger partial charge in [-0.05, 0) is 28.1 Å². The summed E-state index contributed by atoms with van der Waals surface area (Å²) in [4.78, 5) is 3.90. The van der Waals surface area contributed by atoms with E-state index in [1.165, 1.54) is 12.4 Å². The number of hydrogen-bond donors (Lipinski definition) is 0. The number of nitrogens with zero attached hydrogens (tertiary/aromatic N) is 2. The first-order chi connectivity index (χ1) is 6.96. The van der Waals surface area contributed by atoms with Crippen LogP contribution in [0.4, 0.5) is 13.2 Å². The molecule has 6 heteroatoms. The summed E-state index contributed by atoms with van der Waals surface area (Å²) in [5.74, 6) is 0. The van der Waals surface area contributed by atoms with Crippen LogP contribution in [0.5, 0.6) is 0 Å². The normalized spacial score (nSPS) is 12.3. The van der Waals surface area contributed by atoms with Crippen LogP contribution in [0.25, 0.3) is 10.9 Å². The Hall–Kier alpha value is -1.04. The molecule has 0 saturated carbocycles. The van der Waals surface area contributed by atoms with Gasteiger partial charge < -0.3 is 4.57 Å². The van der Waals surface area contributed by atoms with Crippen molar-refractivity contribution in [3.8, 4) is 0 Å². The van der Waals surface area contributed by atoms with E-state index in [0.717, 1.165) is 9.95 Å². The summed E-state index contributed by atoms with van der Waals surface area (Å²) in [7, 11) is 0. The molecule has 0 atom stereocenters. The second-order valence-corrected chi connectivity index (χ2v) is 3.94. The number of halogens is 4. The molecule has 0 amide bonds. The first-order valence-corrected chi connectivity index (χ1v) is 4.92. The average molecular weight is 279 g/mol. The first kappa shape index (κ1) is 10.5. The molecule has 2 nitrogen and oxygen atoms in total. The predicted molar refractivity (Wildman–Crippen MR) is 53.5 cm³/mol. The van der Waals surface area contributed by atoms with Crippen molar-refractivity contribution >= 4 is 26.8 Å². The Morgan fingerprint density at radius 2 is 2.13 bits per heavy atom. The van der Waals surface area contributed by atoms with E-state index in [-0.39, 0.29) is 0 Å². The molecular formula is C9H6BrF3N2. The average Bonchev–Trinajstić information content (AvgIpc) is 2.45. The van der Waals surface area contributed by atoms with Crippen LogP contribution in [-0.2, 0) is 6.54 Å². The number of aromatic nitrogens is 2. The summed E-state index contributed by atoms with van der Waals surface area (Å²) in [6.45, 7) is -0.986. The predicted octanol–water partition coefficient (Wildman–Crippen LogP) is 3.36. The summed E-state index contributed by atoms with van der Waals surface area (Å²) in [6, 6.07) is 3.32. The van der Waals surface area contributed by atoms with Crippen LogP contribution < -0.4 is 0 Å². The Morgan fingerprint density at radius 1 is 1.40 bits per heavy atom. The minimum Gasteiger partial charge on any atom is -0.337 e. The van der Waals surface area contributed by atoms with Crippen LogP contribution in [0.3, 0.4) is 0 Å². The second kappa shape index (κ2) is 3.52. The zero-order valence-electron chi connectivity index (χ0n) is 7.42. The largest absolute Gasteiger partial charge is 0.406 e. The van der Waals surface area contributed by atoms with Gasteiger partial charge in [0.25, 0.3) is 0 Å². The van der Waals surface area contributed by atoms with Gasteiger partial charge in [-0.15, -0.1) is 0 Å². The number of rotatable bonds is 1. The van der Waals surface area contributed by atoms with Gasteiger partial charge in [-0.3, -0.25) is 0 Å². The van der Waals surface area contributed by atoms with E-state index >= 15 is 0 Å². The lowest BCUT2D eigenvalue weighted by molar-refractivity contribution is -0.139. The van der Waals surface area contributed by atoms with Crippen molar-refractivity contribution < 1.29 is 13.2 Å². The molecule has 0 bridgehead atoms. The van der Waals surface area contributed by atoms with Gasteiger partial charge in [0.15, 0.2) is 0 Å². The lowest BCUT2D eigenvalue weighted by Gasteiger charge is -2.08. The van der Waals surface area contributed by atoms with Gasteiger partial charge >= 0.3 is 6.18 Å². The Labute approximate surface area is 91.8 Å². The topological polar surface area (TPSA) is 17.8 Å². The molecule has 0 aliphatic rings. The quantitative estimate of drug-likeness (QED) is 0.732. The van der Waals surface area contributed by atoms with Crippen molar-refractivity contribution in [2.75, 3.05) is 0 Å². The molecule has 0 unspecified atom stereocenters. The standard InChI is InChI=1S/C9H6BrF3N2/c10-8-3-6-1-2-15(5-9(11,12)13)7(6)4-14-8/h1-4H,5H2. The molecule has 0 saturated heterocycles. The van der Waals surface area contributed by atoms with Crippen molar-refractivity contribution in [3.63, 3.8) is 0 Å². The Bertz CT molecular complexity index is 490. The van der Waals surface area contributed by atoms with Gasteiger partial charge in [-0.1, -0.05) is 0 Å². The van der Waals surface area contributed by atoms with Crippen molar-refractivity contribution in [1.29, 1.82) is 0 Å². The smallest absolute Gasteiger partial charge is 0.337 e. The molecule has 0 radical (unpaired) electrons. The number of hydrogen-bond acceptors (Lipinski definition) is 1. The van der Waals surface area contributed by atoms with Crippen LogP contribution in [0, 0.1) is 0 Å². The number of fused-ring (bicyclic) bond motifs is 1. The van der Waals surface area contributed by atoms with Gasteiger partial charge in [0.1, 0.15) is 11.1 Å². The van der Waals surface area contributed by atoms with Crippen molar-refractivity contribution in [3.05, 3.63) is 29.1 Å². The molecule has 2 aromatic rings. The number of pyridine rings is 1. The maximum Gasteiger partial charge on any atom is 0.406 e. The van der Waals surface area contributed by atoms with Crippen molar-refractivity contribution in [1.82, 2.24) is 9.55 Å². The lowest BCUT2D eigenvalue weighted by Crippen LogP contribution is -2.16. The maximum atomic E-state index is 12.2. The molecule has 2 heterocycles. The highest BCUT2D eigenvalue weighted by Crippen LogP contribution is 2.23. The van der Waals surface area contributed by atoms with E-state index in [1.807, 2.05) is 0 Å². The molecule has 0 aromatic carbocycles. The zero-order valence-corrected chi connectivity index (χ0v) is 9.01. The highest BCUT2D eigenvalue weighted by molar-refractivity contribution is 9.10. The van der Waals surface area contributed by atoms with Crippen LogP contribution in [0.1, 0.15) is 0 Å². The van der Waals surface area contributed by atoms with Crippen molar-refractivity contribution in [2.45, 2.75) is 12.7 Å². The van der Waals surface area contributed by atoms with Crippen LogP contribution >= 0.6 is 15.9 Å². The van der Waals surface area contributed by atoms with Crippen molar-refractivity contribution in [2.24, 2.45) is 0 Å². The molecule has 80 valence electrons. The zero-order chi connectivity index (χ0) is 11.1. The van der Waals surface area contributed by atoms with Crippen LogP contribution in [0.2, 0.25) is 0 Å². The Morgan fingerprint density at radius 3 is 2.80 bits per heavy atom. The molecule has 15 heavy (non-hydrogen) atoms. The fraction of sp³-hybridized carbons (Fsp3) is 0.222. The summed E-state index contributed by atoms with van der Waals surface area (Å²) in [6.07, 6.45) is -1.38. The molecule has 0 spiro atoms. The van der Waals surface area contributed by atoms with Gasteiger partial charge in [0.2, 0.25) is 0 Å².